The quantitative estimate of drug-likeness (QED) is 0.545. The predicted molar refractivity (Wildman–Crippen MR) is 120 cm³/mol. The maximum Gasteiger partial charge on any atom is 0.0626 e. The van der Waals surface area contributed by atoms with E-state index in [0.29, 0.717) is 16.7 Å². The maximum absolute atomic E-state index is 10.2. The molecule has 164 valence electrons. The van der Waals surface area contributed by atoms with Gasteiger partial charge in [0.1, 0.15) is 0 Å². The molecule has 0 bridgehead atoms. The van der Waals surface area contributed by atoms with Crippen LogP contribution < -0.4 is 0 Å². The van der Waals surface area contributed by atoms with E-state index in [0.717, 1.165) is 42.9 Å². The first-order chi connectivity index (χ1) is 13.5. The highest BCUT2D eigenvalue weighted by Crippen LogP contribution is 2.67. The number of aliphatic hydroxyl groups excluding tert-OH is 1. The fourth-order valence-corrected chi connectivity index (χ4v) is 8.25. The van der Waals surface area contributed by atoms with Gasteiger partial charge in [-0.15, -0.1) is 0 Å². The zero-order chi connectivity index (χ0) is 21.0. The van der Waals surface area contributed by atoms with Gasteiger partial charge in [-0.3, -0.25) is 0 Å². The smallest absolute Gasteiger partial charge is 0.0626 e. The van der Waals surface area contributed by atoms with E-state index >= 15 is 0 Å². The van der Waals surface area contributed by atoms with Gasteiger partial charge < -0.3 is 10.2 Å². The average Bonchev–Trinajstić information content (AvgIpc) is 2.98. The second-order valence-electron chi connectivity index (χ2n) is 12.2. The molecule has 2 N–H and O–H groups in total. The molecule has 4 rings (SSSR count). The Kier molecular flexibility index (Phi) is 5.61. The van der Waals surface area contributed by atoms with Crippen LogP contribution in [0.25, 0.3) is 0 Å². The molecule has 4 aliphatic carbocycles. The predicted octanol–water partition coefficient (Wildman–Crippen LogP) is 6.28. The van der Waals surface area contributed by atoms with Crippen molar-refractivity contribution in [1.29, 1.82) is 0 Å². The molecule has 2 nitrogen and oxygen atoms in total. The monoisotopic (exact) mass is 400 g/mol. The summed E-state index contributed by atoms with van der Waals surface area (Å²) >= 11 is 0. The molecule has 0 amide bonds. The molecule has 0 aliphatic heterocycles. The van der Waals surface area contributed by atoms with Gasteiger partial charge >= 0.3 is 0 Å². The Bertz CT molecular complexity index is 671. The molecule has 3 fully saturated rings. The van der Waals surface area contributed by atoms with Crippen LogP contribution in [-0.4, -0.2) is 21.9 Å². The van der Waals surface area contributed by atoms with Gasteiger partial charge in [0.25, 0.3) is 0 Å². The summed E-state index contributed by atoms with van der Waals surface area (Å²) in [5.41, 5.74) is 1.79. The zero-order valence-electron chi connectivity index (χ0n) is 19.5. The molecule has 8 atom stereocenters. The fraction of sp³-hybridized carbons (Fsp3) is 0.852. The molecule has 4 aliphatic rings. The van der Waals surface area contributed by atoms with Crippen LogP contribution in [0.15, 0.2) is 23.8 Å². The van der Waals surface area contributed by atoms with E-state index in [2.05, 4.69) is 39.0 Å². The van der Waals surface area contributed by atoms with Crippen molar-refractivity contribution in [2.24, 2.45) is 40.4 Å². The summed E-state index contributed by atoms with van der Waals surface area (Å²) in [6.45, 7) is 11.3. The first-order valence-electron chi connectivity index (χ1n) is 12.3. The van der Waals surface area contributed by atoms with Crippen molar-refractivity contribution < 1.29 is 10.2 Å². The minimum absolute atomic E-state index is 0.105. The van der Waals surface area contributed by atoms with Gasteiger partial charge in [0.2, 0.25) is 0 Å². The third-order valence-electron chi connectivity index (χ3n) is 9.84. The Hall–Kier alpha value is -0.600. The van der Waals surface area contributed by atoms with Crippen molar-refractivity contribution in [3.63, 3.8) is 0 Å². The van der Waals surface area contributed by atoms with Crippen LogP contribution in [-0.2, 0) is 0 Å². The molecule has 0 aromatic heterocycles. The van der Waals surface area contributed by atoms with Crippen molar-refractivity contribution in [2.75, 3.05) is 0 Å². The van der Waals surface area contributed by atoms with Crippen LogP contribution >= 0.6 is 0 Å². The number of allylic oxidation sites excluding steroid dienone is 2. The van der Waals surface area contributed by atoms with Gasteiger partial charge in [-0.2, -0.15) is 0 Å². The Labute approximate surface area is 178 Å². The van der Waals surface area contributed by atoms with Gasteiger partial charge in [0, 0.05) is 0 Å². The topological polar surface area (TPSA) is 40.5 Å². The SMILES string of the molecule is C[C@@H](/C=C/CC(C)(C)O)[C@H]1CC[C@H]2[C@@H]3CC=C4CC(O)CC[C@]4(C)[C@H]3CC[C@]12C. The molecule has 29 heavy (non-hydrogen) atoms. The lowest BCUT2D eigenvalue weighted by atomic mass is 9.47. The molecule has 1 unspecified atom stereocenters. The van der Waals surface area contributed by atoms with Crippen molar-refractivity contribution >= 4 is 0 Å². The third kappa shape index (κ3) is 3.78. The first-order valence-corrected chi connectivity index (χ1v) is 12.3. The lowest BCUT2D eigenvalue weighted by Gasteiger charge is -2.58. The molecule has 0 aromatic carbocycles. The molecule has 2 heteroatoms. The second-order valence-corrected chi connectivity index (χ2v) is 12.2. The fourth-order valence-electron chi connectivity index (χ4n) is 8.25. The third-order valence-corrected chi connectivity index (χ3v) is 9.84. The molecule has 3 saturated carbocycles. The van der Waals surface area contributed by atoms with Crippen LogP contribution in [0.4, 0.5) is 0 Å². The highest BCUT2D eigenvalue weighted by Gasteiger charge is 2.58. The van der Waals surface area contributed by atoms with E-state index in [1.807, 2.05) is 13.8 Å². The number of hydrogen-bond acceptors (Lipinski definition) is 2. The Balaban J connectivity index is 1.51. The van der Waals surface area contributed by atoms with E-state index < -0.39 is 5.60 Å². The lowest BCUT2D eigenvalue weighted by molar-refractivity contribution is -0.0540. The summed E-state index contributed by atoms with van der Waals surface area (Å²) in [5, 5.41) is 20.2. The Morgan fingerprint density at radius 3 is 2.62 bits per heavy atom. The second kappa shape index (κ2) is 7.52. The van der Waals surface area contributed by atoms with E-state index in [1.165, 1.54) is 38.5 Å². The highest BCUT2D eigenvalue weighted by atomic mass is 16.3. The largest absolute Gasteiger partial charge is 0.393 e. The minimum atomic E-state index is -0.606. The van der Waals surface area contributed by atoms with Crippen molar-refractivity contribution in [2.45, 2.75) is 104 Å². The Morgan fingerprint density at radius 1 is 1.14 bits per heavy atom. The van der Waals surface area contributed by atoms with E-state index in [-0.39, 0.29) is 6.10 Å². The zero-order valence-corrected chi connectivity index (χ0v) is 19.5. The lowest BCUT2D eigenvalue weighted by Crippen LogP contribution is -2.50. The molecular weight excluding hydrogens is 356 g/mol. The summed E-state index contributed by atoms with van der Waals surface area (Å²) in [5.74, 6) is 3.90. The average molecular weight is 401 g/mol. The Morgan fingerprint density at radius 2 is 1.90 bits per heavy atom. The van der Waals surface area contributed by atoms with Gasteiger partial charge in [0.05, 0.1) is 11.7 Å². The van der Waals surface area contributed by atoms with E-state index in [1.54, 1.807) is 5.57 Å². The molecule has 0 aromatic rings. The summed E-state index contributed by atoms with van der Waals surface area (Å²) in [6, 6.07) is 0. The van der Waals surface area contributed by atoms with Crippen molar-refractivity contribution in [3.8, 4) is 0 Å². The van der Waals surface area contributed by atoms with E-state index in [4.69, 9.17) is 0 Å². The standard InChI is InChI=1S/C27H44O2/c1-18(7-6-14-25(2,3)29)22-10-11-23-21-9-8-19-17-20(28)12-15-26(19,4)24(21)13-16-27(22,23)5/h6-8,18,20-24,28-29H,9-17H2,1-5H3/b7-6+/t18-,20?,21-,22+,23-,24-,26-,27+/m0/s1. The van der Waals surface area contributed by atoms with E-state index in [9.17, 15) is 10.2 Å². The maximum atomic E-state index is 10.2. The number of rotatable bonds is 4. The molecule has 0 radical (unpaired) electrons. The van der Waals surface area contributed by atoms with Crippen LogP contribution in [0.3, 0.4) is 0 Å². The molecule has 0 heterocycles. The van der Waals surface area contributed by atoms with Crippen LogP contribution in [0, 0.1) is 40.4 Å². The van der Waals surface area contributed by atoms with Gasteiger partial charge in [-0.05, 0) is 112 Å². The minimum Gasteiger partial charge on any atom is -0.393 e. The van der Waals surface area contributed by atoms with Gasteiger partial charge in [0.15, 0.2) is 0 Å². The molecular formula is C27H44O2. The molecule has 0 spiro atoms. The number of aliphatic hydroxyl groups is 2. The van der Waals surface area contributed by atoms with Gasteiger partial charge in [-0.25, -0.2) is 0 Å². The summed E-state index contributed by atoms with van der Waals surface area (Å²) in [6.07, 6.45) is 17.7. The highest BCUT2D eigenvalue weighted by molar-refractivity contribution is 5.25. The summed E-state index contributed by atoms with van der Waals surface area (Å²) < 4.78 is 0. The number of fused-ring (bicyclic) bond motifs is 5. The van der Waals surface area contributed by atoms with Crippen molar-refractivity contribution in [3.05, 3.63) is 23.8 Å². The normalized spacial score (nSPS) is 46.0. The summed E-state index contributed by atoms with van der Waals surface area (Å²) in [4.78, 5) is 0. The summed E-state index contributed by atoms with van der Waals surface area (Å²) in [7, 11) is 0. The van der Waals surface area contributed by atoms with Crippen molar-refractivity contribution in [1.82, 2.24) is 0 Å². The van der Waals surface area contributed by atoms with Crippen LogP contribution in [0.2, 0.25) is 0 Å². The first kappa shape index (κ1) is 21.6. The van der Waals surface area contributed by atoms with Gasteiger partial charge in [-0.1, -0.05) is 44.6 Å². The van der Waals surface area contributed by atoms with Crippen LogP contribution in [0.5, 0.6) is 0 Å². The molecule has 0 saturated heterocycles. The number of hydrogen-bond donors (Lipinski definition) is 2. The van der Waals surface area contributed by atoms with Crippen LogP contribution in [0.1, 0.15) is 92.4 Å².